The SMILES string of the molecule is O=C(NNc1nc2ccc(OCCl)cc2s1)c1ccc([N+](=O)[O-])o1. The number of hydrazine groups is 1. The highest BCUT2D eigenvalue weighted by atomic mass is 35.5. The van der Waals surface area contributed by atoms with Crippen LogP contribution in [-0.4, -0.2) is 21.9 Å². The van der Waals surface area contributed by atoms with Crippen LogP contribution in [0.2, 0.25) is 0 Å². The van der Waals surface area contributed by atoms with E-state index in [-0.39, 0.29) is 11.8 Å². The van der Waals surface area contributed by atoms with Gasteiger partial charge in [0, 0.05) is 0 Å². The third-order valence-electron chi connectivity index (χ3n) is 2.86. The molecule has 2 heterocycles. The van der Waals surface area contributed by atoms with Gasteiger partial charge in [-0.2, -0.15) is 0 Å². The van der Waals surface area contributed by atoms with Crippen LogP contribution in [0.25, 0.3) is 10.2 Å². The van der Waals surface area contributed by atoms with E-state index in [1.54, 1.807) is 18.2 Å². The number of nitrogens with one attached hydrogen (secondary N) is 2. The molecule has 2 aromatic heterocycles. The lowest BCUT2D eigenvalue weighted by molar-refractivity contribution is -0.402. The third-order valence-corrected chi connectivity index (χ3v) is 3.90. The maximum absolute atomic E-state index is 11.9. The summed E-state index contributed by atoms with van der Waals surface area (Å²) in [5.74, 6) is -0.742. The van der Waals surface area contributed by atoms with E-state index >= 15 is 0 Å². The maximum Gasteiger partial charge on any atom is 0.433 e. The summed E-state index contributed by atoms with van der Waals surface area (Å²) in [6.07, 6.45) is 0. The van der Waals surface area contributed by atoms with Gasteiger partial charge in [-0.15, -0.1) is 0 Å². The molecule has 0 saturated carbocycles. The normalized spacial score (nSPS) is 10.5. The zero-order valence-corrected chi connectivity index (χ0v) is 13.4. The number of furan rings is 1. The van der Waals surface area contributed by atoms with Gasteiger partial charge in [0.15, 0.2) is 6.07 Å². The lowest BCUT2D eigenvalue weighted by Gasteiger charge is -2.02. The van der Waals surface area contributed by atoms with Crippen LogP contribution >= 0.6 is 22.9 Å². The quantitative estimate of drug-likeness (QED) is 0.389. The minimum atomic E-state index is -0.724. The molecule has 0 fully saturated rings. The van der Waals surface area contributed by atoms with Crippen LogP contribution in [0.4, 0.5) is 11.0 Å². The molecule has 0 aliphatic heterocycles. The number of aromatic nitrogens is 1. The Hall–Kier alpha value is -2.85. The third kappa shape index (κ3) is 3.39. The van der Waals surface area contributed by atoms with Crippen LogP contribution in [-0.2, 0) is 0 Å². The molecule has 0 spiro atoms. The second-order valence-corrected chi connectivity index (χ2v) is 5.62. The van der Waals surface area contributed by atoms with Crippen molar-refractivity contribution in [2.45, 2.75) is 0 Å². The van der Waals surface area contributed by atoms with Crippen molar-refractivity contribution in [1.82, 2.24) is 10.4 Å². The van der Waals surface area contributed by atoms with Gasteiger partial charge in [0.25, 0.3) is 0 Å². The zero-order chi connectivity index (χ0) is 17.1. The van der Waals surface area contributed by atoms with Crippen LogP contribution in [0, 0.1) is 10.1 Å². The molecule has 3 rings (SSSR count). The number of halogens is 1. The summed E-state index contributed by atoms with van der Waals surface area (Å²) in [7, 11) is 0. The van der Waals surface area contributed by atoms with Crippen LogP contribution in [0.5, 0.6) is 5.75 Å². The van der Waals surface area contributed by atoms with Crippen LogP contribution < -0.4 is 15.6 Å². The molecular weight excluding hydrogens is 360 g/mol. The smallest absolute Gasteiger partial charge is 0.433 e. The Balaban J connectivity index is 1.68. The average molecular weight is 369 g/mol. The maximum atomic E-state index is 11.9. The average Bonchev–Trinajstić information content (AvgIpc) is 3.19. The Morgan fingerprint density at radius 1 is 1.42 bits per heavy atom. The molecule has 0 unspecified atom stereocenters. The van der Waals surface area contributed by atoms with Crippen LogP contribution in [0.1, 0.15) is 10.6 Å². The molecule has 1 amide bonds. The fraction of sp³-hybridized carbons (Fsp3) is 0.0769. The van der Waals surface area contributed by atoms with E-state index < -0.39 is 16.7 Å². The van der Waals surface area contributed by atoms with Crippen molar-refractivity contribution in [2.75, 3.05) is 11.5 Å². The number of alkyl halides is 1. The predicted octanol–water partition coefficient (Wildman–Crippen LogP) is 3.13. The van der Waals surface area contributed by atoms with Gasteiger partial charge in [0.05, 0.1) is 16.3 Å². The largest absolute Gasteiger partial charge is 0.478 e. The monoisotopic (exact) mass is 368 g/mol. The highest BCUT2D eigenvalue weighted by Gasteiger charge is 2.17. The fourth-order valence-electron chi connectivity index (χ4n) is 1.83. The second-order valence-electron chi connectivity index (χ2n) is 4.38. The first-order valence-corrected chi connectivity index (χ1v) is 7.82. The van der Waals surface area contributed by atoms with Gasteiger partial charge in [0.2, 0.25) is 10.9 Å². The van der Waals surface area contributed by atoms with Crippen LogP contribution in [0.3, 0.4) is 0 Å². The first-order valence-electron chi connectivity index (χ1n) is 6.47. The zero-order valence-electron chi connectivity index (χ0n) is 11.8. The van der Waals surface area contributed by atoms with Gasteiger partial charge in [0.1, 0.15) is 10.7 Å². The van der Waals surface area contributed by atoms with E-state index in [4.69, 9.17) is 20.8 Å². The number of rotatable bonds is 6. The first-order chi connectivity index (χ1) is 11.6. The van der Waals surface area contributed by atoms with Gasteiger partial charge < -0.3 is 9.15 Å². The number of anilines is 1. The molecule has 24 heavy (non-hydrogen) atoms. The molecule has 0 saturated heterocycles. The van der Waals surface area contributed by atoms with Crippen molar-refractivity contribution in [3.8, 4) is 5.75 Å². The highest BCUT2D eigenvalue weighted by molar-refractivity contribution is 7.22. The molecule has 0 radical (unpaired) electrons. The summed E-state index contributed by atoms with van der Waals surface area (Å²) in [5, 5.41) is 11.0. The minimum absolute atomic E-state index is 0.0424. The standard InChI is InChI=1S/C13H9ClN4O5S/c14-6-22-7-1-2-8-10(5-7)24-13(15-8)17-16-12(19)9-3-4-11(23-9)18(20)21/h1-5H,6H2,(H,15,17)(H,16,19). The van der Waals surface area contributed by atoms with Gasteiger partial charge in [-0.3, -0.25) is 25.8 Å². The van der Waals surface area contributed by atoms with Gasteiger partial charge >= 0.3 is 11.8 Å². The van der Waals surface area contributed by atoms with Gasteiger partial charge in [-0.05, 0) is 24.3 Å². The van der Waals surface area contributed by atoms with Crippen molar-refractivity contribution in [2.24, 2.45) is 0 Å². The minimum Gasteiger partial charge on any atom is -0.478 e. The number of hydrogen-bond donors (Lipinski definition) is 2. The van der Waals surface area contributed by atoms with E-state index in [0.717, 1.165) is 10.8 Å². The molecule has 11 heteroatoms. The summed E-state index contributed by atoms with van der Waals surface area (Å²) in [4.78, 5) is 25.9. The topological polar surface area (TPSA) is 120 Å². The van der Waals surface area contributed by atoms with E-state index in [9.17, 15) is 14.9 Å². The number of thiazole rings is 1. The highest BCUT2D eigenvalue weighted by Crippen LogP contribution is 2.29. The number of fused-ring (bicyclic) bond motifs is 1. The summed E-state index contributed by atoms with van der Waals surface area (Å²) < 4.78 is 10.8. The molecular formula is C13H9ClN4O5S. The Morgan fingerprint density at radius 3 is 2.96 bits per heavy atom. The van der Waals surface area contributed by atoms with E-state index in [1.807, 2.05) is 0 Å². The molecule has 0 bridgehead atoms. The van der Waals surface area contributed by atoms with Crippen molar-refractivity contribution in [3.05, 3.63) is 46.2 Å². The Bertz CT molecular complexity index is 909. The fourth-order valence-corrected chi connectivity index (χ4v) is 2.80. The Morgan fingerprint density at radius 2 is 2.25 bits per heavy atom. The number of amides is 1. The summed E-state index contributed by atoms with van der Waals surface area (Å²) in [6.45, 7) is 0. The molecule has 0 atom stereocenters. The van der Waals surface area contributed by atoms with Gasteiger partial charge in [-0.25, -0.2) is 4.98 Å². The second kappa shape index (κ2) is 6.72. The molecule has 1 aromatic carbocycles. The molecule has 3 aromatic rings. The number of nitrogens with zero attached hydrogens (tertiary/aromatic N) is 2. The Labute approximate surface area is 143 Å². The first kappa shape index (κ1) is 16.0. The van der Waals surface area contributed by atoms with E-state index in [1.165, 1.54) is 17.4 Å². The number of carbonyl (C=O) groups excluding carboxylic acids is 1. The van der Waals surface area contributed by atoms with E-state index in [2.05, 4.69) is 15.8 Å². The van der Waals surface area contributed by atoms with Crippen molar-refractivity contribution < 1.29 is 18.9 Å². The number of hydrogen-bond acceptors (Lipinski definition) is 8. The van der Waals surface area contributed by atoms with Crippen LogP contribution in [0.15, 0.2) is 34.7 Å². The number of benzene rings is 1. The number of ether oxygens (including phenoxy) is 1. The molecule has 124 valence electrons. The summed E-state index contributed by atoms with van der Waals surface area (Å²) >= 11 is 6.80. The lowest BCUT2D eigenvalue weighted by Crippen LogP contribution is -2.28. The summed E-state index contributed by atoms with van der Waals surface area (Å²) in [5.41, 5.74) is 5.71. The molecule has 0 aliphatic carbocycles. The molecule has 2 N–H and O–H groups in total. The Kier molecular flexibility index (Phi) is 4.49. The van der Waals surface area contributed by atoms with Crippen molar-refractivity contribution >= 4 is 50.1 Å². The molecule has 0 aliphatic rings. The molecule has 9 nitrogen and oxygen atoms in total. The summed E-state index contributed by atoms with van der Waals surface area (Å²) in [6, 6.07) is 7.62. The number of nitro groups is 1. The van der Waals surface area contributed by atoms with Crippen molar-refractivity contribution in [1.29, 1.82) is 0 Å². The lowest BCUT2D eigenvalue weighted by atomic mass is 10.3. The van der Waals surface area contributed by atoms with Crippen molar-refractivity contribution in [3.63, 3.8) is 0 Å². The van der Waals surface area contributed by atoms with E-state index in [0.29, 0.717) is 16.4 Å². The number of carbonyl (C=O) groups is 1. The van der Waals surface area contributed by atoms with Gasteiger partial charge in [-0.1, -0.05) is 22.9 Å². The predicted molar refractivity (Wildman–Crippen MR) is 87.4 cm³/mol.